The zero-order valence-corrected chi connectivity index (χ0v) is 7.22. The van der Waals surface area contributed by atoms with Crippen LogP contribution >= 0.6 is 0 Å². The highest BCUT2D eigenvalue weighted by molar-refractivity contribution is 4.66. The molecule has 0 aliphatic rings. The molecule has 0 atom stereocenters. The van der Waals surface area contributed by atoms with Crippen molar-refractivity contribution in [3.8, 4) is 6.07 Å². The summed E-state index contributed by atoms with van der Waals surface area (Å²) in [7, 11) is 4.19. The fourth-order valence-corrected chi connectivity index (χ4v) is 0.857. The first-order valence-corrected chi connectivity index (χ1v) is 3.81. The van der Waals surface area contributed by atoms with E-state index in [4.69, 9.17) is 5.26 Å². The molecule has 0 aromatic rings. The maximum atomic E-state index is 8.44. The Bertz CT molecular complexity index is 122. The van der Waals surface area contributed by atoms with Crippen LogP contribution in [0.2, 0.25) is 0 Å². The molecule has 0 aliphatic heterocycles. The summed E-state index contributed by atoms with van der Waals surface area (Å²) >= 11 is 0. The molecule has 0 radical (unpaired) electrons. The minimum Gasteiger partial charge on any atom is -0.317 e. The van der Waals surface area contributed by atoms with Crippen molar-refractivity contribution in [1.82, 2.24) is 0 Å². The Balaban J connectivity index is 3.55. The van der Waals surface area contributed by atoms with Gasteiger partial charge in [0.15, 0.2) is 6.54 Å². The van der Waals surface area contributed by atoms with E-state index in [1.54, 1.807) is 0 Å². The zero-order valence-electron chi connectivity index (χ0n) is 7.22. The quantitative estimate of drug-likeness (QED) is 0.428. The molecule has 0 N–H and O–H groups in total. The number of unbranched alkanes of at least 4 members (excludes halogenated alkanes) is 1. The fraction of sp³-hybridized carbons (Fsp3) is 0.875. The highest BCUT2D eigenvalue weighted by Gasteiger charge is 2.11. The largest absolute Gasteiger partial charge is 0.317 e. The Morgan fingerprint density at radius 2 is 2.00 bits per heavy atom. The van der Waals surface area contributed by atoms with Crippen LogP contribution in [0.15, 0.2) is 0 Å². The number of nitriles is 1. The van der Waals surface area contributed by atoms with Gasteiger partial charge in [-0.05, 0) is 6.42 Å². The van der Waals surface area contributed by atoms with Crippen LogP contribution in [0.4, 0.5) is 0 Å². The summed E-state index contributed by atoms with van der Waals surface area (Å²) in [5.41, 5.74) is 0. The third kappa shape index (κ3) is 4.34. The second-order valence-corrected chi connectivity index (χ2v) is 3.33. The third-order valence-electron chi connectivity index (χ3n) is 1.62. The molecule has 0 saturated heterocycles. The van der Waals surface area contributed by atoms with Crippen LogP contribution in [-0.4, -0.2) is 31.7 Å². The summed E-state index contributed by atoms with van der Waals surface area (Å²) in [5, 5.41) is 8.44. The lowest BCUT2D eigenvalue weighted by molar-refractivity contribution is -0.883. The van der Waals surface area contributed by atoms with E-state index < -0.39 is 0 Å². The van der Waals surface area contributed by atoms with Crippen molar-refractivity contribution >= 4 is 0 Å². The second-order valence-electron chi connectivity index (χ2n) is 3.33. The van der Waals surface area contributed by atoms with Crippen LogP contribution in [0.1, 0.15) is 19.8 Å². The first-order valence-electron chi connectivity index (χ1n) is 3.81. The van der Waals surface area contributed by atoms with E-state index in [0.717, 1.165) is 11.0 Å². The van der Waals surface area contributed by atoms with Gasteiger partial charge < -0.3 is 4.48 Å². The van der Waals surface area contributed by atoms with Gasteiger partial charge in [-0.15, -0.1) is 0 Å². The van der Waals surface area contributed by atoms with Crippen LogP contribution in [0, 0.1) is 11.3 Å². The van der Waals surface area contributed by atoms with Gasteiger partial charge in [0.25, 0.3) is 0 Å². The predicted molar refractivity (Wildman–Crippen MR) is 42.4 cm³/mol. The van der Waals surface area contributed by atoms with Crippen LogP contribution in [0.5, 0.6) is 0 Å². The van der Waals surface area contributed by atoms with Crippen molar-refractivity contribution in [2.45, 2.75) is 19.8 Å². The van der Waals surface area contributed by atoms with Gasteiger partial charge >= 0.3 is 0 Å². The lowest BCUT2D eigenvalue weighted by Gasteiger charge is -2.26. The molecule has 0 saturated carbocycles. The molecule has 0 aromatic heterocycles. The molecule has 0 amide bonds. The maximum Gasteiger partial charge on any atom is 0.166 e. The molecule has 0 aromatic carbocycles. The molecule has 58 valence electrons. The first kappa shape index (κ1) is 9.45. The minimum absolute atomic E-state index is 0.625. The zero-order chi connectivity index (χ0) is 8.04. The SMILES string of the molecule is CCCC[N+](C)(C)CC#N. The molecule has 0 unspecified atom stereocenters. The van der Waals surface area contributed by atoms with Gasteiger partial charge in [-0.25, -0.2) is 0 Å². The van der Waals surface area contributed by atoms with Crippen molar-refractivity contribution in [2.75, 3.05) is 27.2 Å². The topological polar surface area (TPSA) is 23.8 Å². The molecule has 2 nitrogen and oxygen atoms in total. The van der Waals surface area contributed by atoms with Gasteiger partial charge in [0, 0.05) is 0 Å². The maximum absolute atomic E-state index is 8.44. The van der Waals surface area contributed by atoms with Gasteiger partial charge in [-0.2, -0.15) is 5.26 Å². The Morgan fingerprint density at radius 3 is 2.40 bits per heavy atom. The standard InChI is InChI=1S/C8H17N2/c1-4-5-7-10(2,3)8-6-9/h4-5,7-8H2,1-3H3/q+1. The predicted octanol–water partition coefficient (Wildman–Crippen LogP) is 1.39. The Labute approximate surface area is 63.7 Å². The fourth-order valence-electron chi connectivity index (χ4n) is 0.857. The van der Waals surface area contributed by atoms with E-state index >= 15 is 0 Å². The monoisotopic (exact) mass is 141 g/mol. The van der Waals surface area contributed by atoms with Crippen molar-refractivity contribution in [3.05, 3.63) is 0 Å². The normalized spacial score (nSPS) is 11.0. The van der Waals surface area contributed by atoms with E-state index in [1.165, 1.54) is 12.8 Å². The molecule has 0 heterocycles. The van der Waals surface area contributed by atoms with E-state index in [-0.39, 0.29) is 0 Å². The van der Waals surface area contributed by atoms with Crippen molar-refractivity contribution in [1.29, 1.82) is 5.26 Å². The van der Waals surface area contributed by atoms with Crippen LogP contribution in [0.3, 0.4) is 0 Å². The van der Waals surface area contributed by atoms with Gasteiger partial charge in [0.2, 0.25) is 0 Å². The third-order valence-corrected chi connectivity index (χ3v) is 1.62. The summed E-state index contributed by atoms with van der Waals surface area (Å²) in [5.74, 6) is 0. The molecular weight excluding hydrogens is 124 g/mol. The summed E-state index contributed by atoms with van der Waals surface area (Å²) in [6.07, 6.45) is 2.43. The van der Waals surface area contributed by atoms with Crippen molar-refractivity contribution in [2.24, 2.45) is 0 Å². The summed E-state index contributed by atoms with van der Waals surface area (Å²) in [4.78, 5) is 0. The number of hydrogen-bond donors (Lipinski definition) is 0. The number of nitrogens with zero attached hydrogens (tertiary/aromatic N) is 2. The van der Waals surface area contributed by atoms with Crippen molar-refractivity contribution < 1.29 is 4.48 Å². The Morgan fingerprint density at radius 1 is 1.40 bits per heavy atom. The molecule has 10 heavy (non-hydrogen) atoms. The van der Waals surface area contributed by atoms with Crippen LogP contribution in [-0.2, 0) is 0 Å². The van der Waals surface area contributed by atoms with E-state index in [1.807, 2.05) is 0 Å². The highest BCUT2D eigenvalue weighted by atomic mass is 15.3. The van der Waals surface area contributed by atoms with E-state index in [2.05, 4.69) is 27.1 Å². The number of hydrogen-bond acceptors (Lipinski definition) is 1. The molecule has 0 spiro atoms. The van der Waals surface area contributed by atoms with Crippen LogP contribution < -0.4 is 0 Å². The van der Waals surface area contributed by atoms with Gasteiger partial charge in [0.1, 0.15) is 6.07 Å². The molecule has 0 bridgehead atoms. The van der Waals surface area contributed by atoms with E-state index in [0.29, 0.717) is 6.54 Å². The minimum atomic E-state index is 0.625. The highest BCUT2D eigenvalue weighted by Crippen LogP contribution is 1.99. The summed E-state index contributed by atoms with van der Waals surface area (Å²) in [6.45, 7) is 3.91. The molecule has 0 fully saturated rings. The molecule has 0 rings (SSSR count). The number of quaternary nitrogens is 1. The van der Waals surface area contributed by atoms with E-state index in [9.17, 15) is 0 Å². The Hall–Kier alpha value is -0.550. The average Bonchev–Trinajstić information content (AvgIpc) is 1.84. The smallest absolute Gasteiger partial charge is 0.166 e. The molecule has 2 heteroatoms. The lowest BCUT2D eigenvalue weighted by Crippen LogP contribution is -2.40. The average molecular weight is 141 g/mol. The van der Waals surface area contributed by atoms with Gasteiger partial charge in [0.05, 0.1) is 20.6 Å². The first-order chi connectivity index (χ1) is 4.62. The summed E-state index contributed by atoms with van der Waals surface area (Å²) in [6, 6.07) is 2.19. The molecule has 0 aliphatic carbocycles. The van der Waals surface area contributed by atoms with Crippen molar-refractivity contribution in [3.63, 3.8) is 0 Å². The summed E-state index contributed by atoms with van der Waals surface area (Å²) < 4.78 is 0.838. The van der Waals surface area contributed by atoms with Gasteiger partial charge in [-0.3, -0.25) is 0 Å². The number of rotatable bonds is 4. The molecular formula is C8H17N2+. The van der Waals surface area contributed by atoms with Crippen LogP contribution in [0.25, 0.3) is 0 Å². The Kier molecular flexibility index (Phi) is 4.06. The van der Waals surface area contributed by atoms with Gasteiger partial charge in [-0.1, -0.05) is 13.3 Å². The second kappa shape index (κ2) is 4.29. The lowest BCUT2D eigenvalue weighted by atomic mass is 10.3.